The maximum Gasteiger partial charge on any atom is 0.341 e. The number of aromatic nitrogens is 2. The van der Waals surface area contributed by atoms with Crippen molar-refractivity contribution in [2.24, 2.45) is 7.05 Å². The van der Waals surface area contributed by atoms with Crippen LogP contribution < -0.4 is 0 Å². The molecule has 0 aliphatic rings. The number of rotatable bonds is 5. The molecule has 0 radical (unpaired) electrons. The quantitative estimate of drug-likeness (QED) is 0.625. The molecule has 0 saturated heterocycles. The van der Waals surface area contributed by atoms with E-state index in [0.29, 0.717) is 17.9 Å². The first-order valence-electron chi connectivity index (χ1n) is 5.56. The molecule has 2 rings (SSSR count). The number of carbonyl (C=O) groups is 1. The smallest absolute Gasteiger partial charge is 0.341 e. The molecule has 0 fully saturated rings. The van der Waals surface area contributed by atoms with E-state index in [0.717, 1.165) is 5.69 Å². The average Bonchev–Trinajstić information content (AvgIpc) is 2.96. The number of esters is 1. The molecular weight excluding hydrogens is 268 g/mol. The van der Waals surface area contributed by atoms with Crippen molar-refractivity contribution in [3.63, 3.8) is 0 Å². The van der Waals surface area contributed by atoms with E-state index in [1.807, 2.05) is 18.5 Å². The summed E-state index contributed by atoms with van der Waals surface area (Å²) >= 11 is 3.39. The molecule has 0 saturated carbocycles. The number of hydrogen-bond donors (Lipinski definition) is 0. The van der Waals surface area contributed by atoms with Crippen molar-refractivity contribution in [1.82, 2.24) is 9.78 Å². The van der Waals surface area contributed by atoms with Crippen LogP contribution in [0.4, 0.5) is 0 Å². The van der Waals surface area contributed by atoms with Gasteiger partial charge in [0.1, 0.15) is 5.56 Å². The fourth-order valence-corrected chi connectivity index (χ4v) is 3.36. The van der Waals surface area contributed by atoms with Gasteiger partial charge in [-0.05, 0) is 18.4 Å². The second kappa shape index (κ2) is 6.06. The molecule has 6 heteroatoms. The fourth-order valence-electron chi connectivity index (χ4n) is 1.50. The summed E-state index contributed by atoms with van der Waals surface area (Å²) in [6, 6.07) is 4.08. The summed E-state index contributed by atoms with van der Waals surface area (Å²) < 4.78 is 7.98. The number of thiophene rings is 1. The van der Waals surface area contributed by atoms with Crippen LogP contribution in [0.2, 0.25) is 0 Å². The highest BCUT2D eigenvalue weighted by Crippen LogP contribution is 2.28. The highest BCUT2D eigenvalue weighted by Gasteiger charge is 2.17. The molecule has 0 atom stereocenters. The van der Waals surface area contributed by atoms with Gasteiger partial charge in [0, 0.05) is 12.8 Å². The Morgan fingerprint density at radius 2 is 2.44 bits per heavy atom. The van der Waals surface area contributed by atoms with Crippen molar-refractivity contribution < 1.29 is 9.53 Å². The number of hydrogen-bond acceptors (Lipinski definition) is 5. The summed E-state index contributed by atoms with van der Waals surface area (Å²) in [5.41, 5.74) is 1.45. The summed E-state index contributed by atoms with van der Waals surface area (Å²) in [6.45, 7) is 2.18. The molecule has 0 aromatic carbocycles. The molecule has 4 nitrogen and oxygen atoms in total. The lowest BCUT2D eigenvalue weighted by molar-refractivity contribution is 0.0525. The highest BCUT2D eigenvalue weighted by molar-refractivity contribution is 8.00. The Hall–Kier alpha value is -1.27. The normalized spacial score (nSPS) is 10.6. The van der Waals surface area contributed by atoms with Gasteiger partial charge in [-0.25, -0.2) is 4.79 Å². The van der Waals surface area contributed by atoms with Gasteiger partial charge in [0.25, 0.3) is 0 Å². The lowest BCUT2D eigenvalue weighted by atomic mass is 10.3. The maximum atomic E-state index is 11.8. The van der Waals surface area contributed by atoms with Gasteiger partial charge < -0.3 is 4.74 Å². The molecule has 0 bridgehead atoms. The van der Waals surface area contributed by atoms with Gasteiger partial charge >= 0.3 is 5.97 Å². The van der Waals surface area contributed by atoms with E-state index in [4.69, 9.17) is 4.74 Å². The molecule has 0 N–H and O–H groups in total. The third-order valence-electron chi connectivity index (χ3n) is 2.40. The summed E-state index contributed by atoms with van der Waals surface area (Å²) in [5, 5.41) is 6.17. The number of aryl methyl sites for hydroxylation is 1. The predicted octanol–water partition coefficient (Wildman–Crippen LogP) is 2.95. The van der Waals surface area contributed by atoms with E-state index in [-0.39, 0.29) is 5.97 Å². The molecule has 96 valence electrons. The Balaban J connectivity index is 2.11. The van der Waals surface area contributed by atoms with Crippen LogP contribution in [0.15, 0.2) is 27.9 Å². The largest absolute Gasteiger partial charge is 0.462 e. The first kappa shape index (κ1) is 13.2. The predicted molar refractivity (Wildman–Crippen MR) is 73.0 cm³/mol. The minimum absolute atomic E-state index is 0.299. The lowest BCUT2D eigenvalue weighted by Crippen LogP contribution is -2.08. The summed E-state index contributed by atoms with van der Waals surface area (Å²) in [5.74, 6) is 0.415. The minimum atomic E-state index is -0.299. The van der Waals surface area contributed by atoms with E-state index in [2.05, 4.69) is 11.2 Å². The SMILES string of the molecule is CCOC(=O)c1cnn(C)c1CSc1cccs1. The minimum Gasteiger partial charge on any atom is -0.462 e. The monoisotopic (exact) mass is 282 g/mol. The van der Waals surface area contributed by atoms with Crippen LogP contribution in [0.1, 0.15) is 23.0 Å². The van der Waals surface area contributed by atoms with Gasteiger partial charge in [0.05, 0.1) is 22.7 Å². The molecule has 2 aromatic heterocycles. The second-order valence-electron chi connectivity index (χ2n) is 3.57. The fraction of sp³-hybridized carbons (Fsp3) is 0.333. The van der Waals surface area contributed by atoms with Crippen LogP contribution in [-0.4, -0.2) is 22.4 Å². The molecule has 0 unspecified atom stereocenters. The molecular formula is C12H14N2O2S2. The Morgan fingerprint density at radius 3 is 3.11 bits per heavy atom. The number of thioether (sulfide) groups is 1. The van der Waals surface area contributed by atoms with Crippen molar-refractivity contribution in [3.05, 3.63) is 35.0 Å². The standard InChI is InChI=1S/C12H14N2O2S2/c1-3-16-12(15)9-7-13-14(2)10(9)8-18-11-5-4-6-17-11/h4-7H,3,8H2,1-2H3. The topological polar surface area (TPSA) is 44.1 Å². The van der Waals surface area contributed by atoms with E-state index < -0.39 is 0 Å². The Bertz CT molecular complexity index is 520. The van der Waals surface area contributed by atoms with Gasteiger partial charge in [0.15, 0.2) is 0 Å². The van der Waals surface area contributed by atoms with Crippen molar-refractivity contribution in [3.8, 4) is 0 Å². The van der Waals surface area contributed by atoms with Crippen molar-refractivity contribution in [2.45, 2.75) is 16.9 Å². The number of carbonyl (C=O) groups excluding carboxylic acids is 1. The number of nitrogens with zero attached hydrogens (tertiary/aromatic N) is 2. The lowest BCUT2D eigenvalue weighted by Gasteiger charge is -2.05. The maximum absolute atomic E-state index is 11.8. The highest BCUT2D eigenvalue weighted by atomic mass is 32.2. The molecule has 2 aromatic rings. The van der Waals surface area contributed by atoms with Gasteiger partial charge in [-0.3, -0.25) is 4.68 Å². The molecule has 0 aliphatic heterocycles. The summed E-state index contributed by atoms with van der Waals surface area (Å²) in [4.78, 5) is 11.8. The van der Waals surface area contributed by atoms with Gasteiger partial charge in [-0.1, -0.05) is 6.07 Å². The molecule has 2 heterocycles. The Kier molecular flexibility index (Phi) is 4.43. The summed E-state index contributed by atoms with van der Waals surface area (Å²) in [7, 11) is 1.84. The zero-order valence-corrected chi connectivity index (χ0v) is 11.9. The second-order valence-corrected chi connectivity index (χ2v) is 5.79. The van der Waals surface area contributed by atoms with Crippen LogP contribution >= 0.6 is 23.1 Å². The van der Waals surface area contributed by atoms with Crippen molar-refractivity contribution in [1.29, 1.82) is 0 Å². The third-order valence-corrected chi connectivity index (χ3v) is 4.55. The van der Waals surface area contributed by atoms with E-state index in [1.54, 1.807) is 40.9 Å². The summed E-state index contributed by atoms with van der Waals surface area (Å²) in [6.07, 6.45) is 1.57. The van der Waals surface area contributed by atoms with Crippen LogP contribution in [0.25, 0.3) is 0 Å². The van der Waals surface area contributed by atoms with Crippen LogP contribution in [0.5, 0.6) is 0 Å². The first-order chi connectivity index (χ1) is 8.72. The van der Waals surface area contributed by atoms with Gasteiger partial charge in [-0.2, -0.15) is 5.10 Å². The third kappa shape index (κ3) is 2.94. The zero-order chi connectivity index (χ0) is 13.0. The molecule has 0 amide bonds. The van der Waals surface area contributed by atoms with Crippen molar-refractivity contribution in [2.75, 3.05) is 6.61 Å². The van der Waals surface area contributed by atoms with E-state index in [1.165, 1.54) is 4.21 Å². The average molecular weight is 282 g/mol. The van der Waals surface area contributed by atoms with E-state index in [9.17, 15) is 4.79 Å². The van der Waals surface area contributed by atoms with Gasteiger partial charge in [-0.15, -0.1) is 23.1 Å². The van der Waals surface area contributed by atoms with Crippen molar-refractivity contribution >= 4 is 29.1 Å². The number of ether oxygens (including phenoxy) is 1. The van der Waals surface area contributed by atoms with Crippen LogP contribution in [-0.2, 0) is 17.5 Å². The first-order valence-corrected chi connectivity index (χ1v) is 7.43. The molecule has 0 spiro atoms. The zero-order valence-electron chi connectivity index (χ0n) is 10.3. The van der Waals surface area contributed by atoms with Gasteiger partial charge in [0.2, 0.25) is 0 Å². The molecule has 0 aliphatic carbocycles. The van der Waals surface area contributed by atoms with Crippen LogP contribution in [0.3, 0.4) is 0 Å². The Labute approximate surface area is 114 Å². The van der Waals surface area contributed by atoms with E-state index >= 15 is 0 Å². The molecule has 18 heavy (non-hydrogen) atoms. The Morgan fingerprint density at radius 1 is 1.61 bits per heavy atom. The van der Waals surface area contributed by atoms with Crippen LogP contribution in [0, 0.1) is 0 Å².